The summed E-state index contributed by atoms with van der Waals surface area (Å²) in [5, 5.41) is 0. The van der Waals surface area contributed by atoms with E-state index in [0.717, 1.165) is 37.3 Å². The number of likely N-dealkylation sites (N-methyl/N-ethyl adjacent to an activating group) is 1. The van der Waals surface area contributed by atoms with Crippen LogP contribution < -0.4 is 4.90 Å². The van der Waals surface area contributed by atoms with E-state index in [-0.39, 0.29) is 5.82 Å². The number of halogens is 1. The second kappa shape index (κ2) is 8.20. The molecule has 0 amide bonds. The number of aryl methyl sites for hydroxylation is 1. The molecule has 1 aromatic carbocycles. The van der Waals surface area contributed by atoms with Crippen LogP contribution in [0, 0.1) is 5.82 Å². The molecule has 1 aliphatic heterocycles. The normalized spacial score (nSPS) is 23.8. The molecule has 150 valence electrons. The largest absolute Gasteiger partial charge is 0.353 e. The van der Waals surface area contributed by atoms with Crippen molar-refractivity contribution in [2.75, 3.05) is 25.0 Å². The summed E-state index contributed by atoms with van der Waals surface area (Å²) >= 11 is 0. The standard InChI is InChI=1S/C24H32FN3/c1-17-15-28(16-18(2)27(17)3)24-14-22(19-10-12-20(25)13-11-19)21-8-6-4-5-7-9-23(21)26-24/h10-14,17-18H,4-9,15-16H2,1-3H3/t17-,18+. The van der Waals surface area contributed by atoms with Gasteiger partial charge >= 0.3 is 0 Å². The molecule has 2 heterocycles. The Hall–Kier alpha value is -1.94. The van der Waals surface area contributed by atoms with Gasteiger partial charge in [0.25, 0.3) is 0 Å². The summed E-state index contributed by atoms with van der Waals surface area (Å²) in [5.74, 6) is 0.910. The molecule has 4 rings (SSSR count). The molecule has 28 heavy (non-hydrogen) atoms. The Balaban J connectivity index is 1.78. The Kier molecular flexibility index (Phi) is 5.68. The first-order valence-electron chi connectivity index (χ1n) is 10.8. The molecule has 1 fully saturated rings. The van der Waals surface area contributed by atoms with Gasteiger partial charge in [0, 0.05) is 30.9 Å². The predicted octanol–water partition coefficient (Wildman–Crippen LogP) is 5.08. The summed E-state index contributed by atoms with van der Waals surface area (Å²) in [4.78, 5) is 10.1. The van der Waals surface area contributed by atoms with Crippen LogP contribution in [0.1, 0.15) is 50.8 Å². The Bertz CT molecular complexity index is 805. The first-order chi connectivity index (χ1) is 13.5. The minimum atomic E-state index is -0.178. The van der Waals surface area contributed by atoms with Crippen LogP contribution >= 0.6 is 0 Å². The third-order valence-corrected chi connectivity index (χ3v) is 6.63. The number of hydrogen-bond acceptors (Lipinski definition) is 3. The highest BCUT2D eigenvalue weighted by Crippen LogP contribution is 2.34. The molecular formula is C24H32FN3. The van der Waals surface area contributed by atoms with Crippen LogP contribution in [0.3, 0.4) is 0 Å². The second-order valence-corrected chi connectivity index (χ2v) is 8.64. The number of fused-ring (bicyclic) bond motifs is 1. The van der Waals surface area contributed by atoms with E-state index in [2.05, 4.69) is 36.8 Å². The van der Waals surface area contributed by atoms with Gasteiger partial charge in [0.05, 0.1) is 0 Å². The smallest absolute Gasteiger partial charge is 0.129 e. The van der Waals surface area contributed by atoms with Crippen molar-refractivity contribution in [3.05, 3.63) is 47.4 Å². The van der Waals surface area contributed by atoms with Gasteiger partial charge < -0.3 is 4.90 Å². The lowest BCUT2D eigenvalue weighted by Gasteiger charge is -2.43. The first kappa shape index (κ1) is 19.4. The number of anilines is 1. The van der Waals surface area contributed by atoms with Crippen molar-refractivity contribution in [3.8, 4) is 11.1 Å². The summed E-state index contributed by atoms with van der Waals surface area (Å²) in [5.41, 5.74) is 5.00. The van der Waals surface area contributed by atoms with Gasteiger partial charge in [-0.25, -0.2) is 9.37 Å². The molecule has 0 radical (unpaired) electrons. The van der Waals surface area contributed by atoms with Crippen molar-refractivity contribution < 1.29 is 4.39 Å². The summed E-state index contributed by atoms with van der Waals surface area (Å²) in [6, 6.07) is 10.3. The van der Waals surface area contributed by atoms with Crippen molar-refractivity contribution in [1.29, 1.82) is 0 Å². The molecule has 0 N–H and O–H groups in total. The van der Waals surface area contributed by atoms with Gasteiger partial charge in [-0.15, -0.1) is 0 Å². The van der Waals surface area contributed by atoms with Gasteiger partial charge in [0.15, 0.2) is 0 Å². The fraction of sp³-hybridized carbons (Fsp3) is 0.542. The maximum atomic E-state index is 13.5. The van der Waals surface area contributed by atoms with E-state index < -0.39 is 0 Å². The van der Waals surface area contributed by atoms with Crippen molar-refractivity contribution in [3.63, 3.8) is 0 Å². The fourth-order valence-corrected chi connectivity index (χ4v) is 4.68. The zero-order valence-corrected chi connectivity index (χ0v) is 17.4. The molecule has 2 aliphatic rings. The number of nitrogens with zero attached hydrogens (tertiary/aromatic N) is 3. The Labute approximate surface area is 168 Å². The molecule has 0 bridgehead atoms. The Morgan fingerprint density at radius 2 is 1.57 bits per heavy atom. The van der Waals surface area contributed by atoms with Gasteiger partial charge in [-0.1, -0.05) is 25.0 Å². The molecule has 1 aliphatic carbocycles. The number of aromatic nitrogens is 1. The maximum Gasteiger partial charge on any atom is 0.129 e. The average molecular weight is 382 g/mol. The van der Waals surface area contributed by atoms with E-state index in [1.54, 1.807) is 12.1 Å². The number of hydrogen-bond donors (Lipinski definition) is 0. The van der Waals surface area contributed by atoms with Crippen LogP contribution in [0.2, 0.25) is 0 Å². The van der Waals surface area contributed by atoms with Crippen molar-refractivity contribution in [2.24, 2.45) is 0 Å². The first-order valence-corrected chi connectivity index (χ1v) is 10.8. The van der Waals surface area contributed by atoms with E-state index in [1.807, 2.05) is 12.1 Å². The van der Waals surface area contributed by atoms with E-state index >= 15 is 0 Å². The quantitative estimate of drug-likeness (QED) is 0.723. The summed E-state index contributed by atoms with van der Waals surface area (Å²) < 4.78 is 13.5. The molecule has 3 nitrogen and oxygen atoms in total. The zero-order valence-electron chi connectivity index (χ0n) is 17.4. The maximum absolute atomic E-state index is 13.5. The SMILES string of the molecule is C[C@@H]1CN(c2cc(-c3ccc(F)cc3)c3c(n2)CCCCCC3)C[C@H](C)N1C. The highest BCUT2D eigenvalue weighted by atomic mass is 19.1. The Morgan fingerprint density at radius 1 is 0.929 bits per heavy atom. The molecule has 1 saturated heterocycles. The minimum absolute atomic E-state index is 0.178. The van der Waals surface area contributed by atoms with E-state index in [9.17, 15) is 4.39 Å². The van der Waals surface area contributed by atoms with Gasteiger partial charge in [-0.3, -0.25) is 4.90 Å². The van der Waals surface area contributed by atoms with Gasteiger partial charge in [-0.05, 0) is 81.5 Å². The fourth-order valence-electron chi connectivity index (χ4n) is 4.68. The lowest BCUT2D eigenvalue weighted by atomic mass is 9.90. The van der Waals surface area contributed by atoms with Crippen molar-refractivity contribution >= 4 is 5.82 Å². The second-order valence-electron chi connectivity index (χ2n) is 8.64. The van der Waals surface area contributed by atoms with Gasteiger partial charge in [0.2, 0.25) is 0 Å². The van der Waals surface area contributed by atoms with Gasteiger partial charge in [0.1, 0.15) is 11.6 Å². The molecule has 2 atom stereocenters. The molecular weight excluding hydrogens is 349 g/mol. The summed E-state index contributed by atoms with van der Waals surface area (Å²) in [6.07, 6.45) is 7.13. The topological polar surface area (TPSA) is 19.4 Å². The van der Waals surface area contributed by atoms with Crippen LogP contribution in [0.5, 0.6) is 0 Å². The van der Waals surface area contributed by atoms with Crippen LogP contribution in [-0.4, -0.2) is 42.1 Å². The molecule has 0 spiro atoms. The van der Waals surface area contributed by atoms with Gasteiger partial charge in [-0.2, -0.15) is 0 Å². The summed E-state index contributed by atoms with van der Waals surface area (Å²) in [6.45, 7) is 6.57. The predicted molar refractivity (Wildman–Crippen MR) is 114 cm³/mol. The van der Waals surface area contributed by atoms with Crippen LogP contribution in [0.4, 0.5) is 10.2 Å². The average Bonchev–Trinajstić information content (AvgIpc) is 2.66. The number of pyridine rings is 1. The number of piperazine rings is 1. The van der Waals surface area contributed by atoms with Crippen LogP contribution in [0.15, 0.2) is 30.3 Å². The van der Waals surface area contributed by atoms with Crippen LogP contribution in [0.25, 0.3) is 11.1 Å². The minimum Gasteiger partial charge on any atom is -0.353 e. The third-order valence-electron chi connectivity index (χ3n) is 6.63. The summed E-state index contributed by atoms with van der Waals surface area (Å²) in [7, 11) is 2.21. The third kappa shape index (κ3) is 3.93. The van der Waals surface area contributed by atoms with Crippen molar-refractivity contribution in [2.45, 2.75) is 64.5 Å². The molecule has 0 saturated carbocycles. The monoisotopic (exact) mass is 381 g/mol. The highest BCUT2D eigenvalue weighted by molar-refractivity contribution is 5.72. The van der Waals surface area contributed by atoms with E-state index in [0.29, 0.717) is 12.1 Å². The van der Waals surface area contributed by atoms with Crippen molar-refractivity contribution in [1.82, 2.24) is 9.88 Å². The molecule has 1 aromatic heterocycles. The highest BCUT2D eigenvalue weighted by Gasteiger charge is 2.28. The van der Waals surface area contributed by atoms with E-state index in [1.165, 1.54) is 42.5 Å². The van der Waals surface area contributed by atoms with Crippen LogP contribution in [-0.2, 0) is 12.8 Å². The number of rotatable bonds is 2. The molecule has 2 aromatic rings. The molecule has 0 unspecified atom stereocenters. The lowest BCUT2D eigenvalue weighted by molar-refractivity contribution is 0.169. The van der Waals surface area contributed by atoms with E-state index in [4.69, 9.17) is 4.98 Å². The Morgan fingerprint density at radius 3 is 2.25 bits per heavy atom. The molecule has 4 heteroatoms. The lowest BCUT2D eigenvalue weighted by Crippen LogP contribution is -2.55. The zero-order chi connectivity index (χ0) is 19.7. The number of benzene rings is 1.